The van der Waals surface area contributed by atoms with Crippen LogP contribution in [0, 0.1) is 41.4 Å². The van der Waals surface area contributed by atoms with Crippen LogP contribution in [-0.2, 0) is 0 Å². The van der Waals surface area contributed by atoms with Crippen molar-refractivity contribution in [3.8, 4) is 0 Å². The summed E-state index contributed by atoms with van der Waals surface area (Å²) >= 11 is 0. The third-order valence-electron chi connectivity index (χ3n) is 16.5. The lowest BCUT2D eigenvalue weighted by atomic mass is 9.83. The second kappa shape index (κ2) is 32.2. The summed E-state index contributed by atoms with van der Waals surface area (Å²) in [6, 6.07) is 5.04. The maximum absolute atomic E-state index is 5.79. The predicted molar refractivity (Wildman–Crippen MR) is 273 cm³/mol. The second-order valence-electron chi connectivity index (χ2n) is 22.2. The molecular weight excluding hydrogens is 785 g/mol. The van der Waals surface area contributed by atoms with E-state index in [0.717, 1.165) is 89.9 Å². The van der Waals surface area contributed by atoms with Crippen LogP contribution in [-0.4, -0.2) is 84.6 Å². The van der Waals surface area contributed by atoms with Gasteiger partial charge in [-0.25, -0.2) is 0 Å². The molecule has 14 nitrogen and oxygen atoms in total. The molecule has 0 aromatic heterocycles. The number of nitrogens with two attached hydrogens (primary N) is 14. The van der Waals surface area contributed by atoms with Crippen LogP contribution in [0.1, 0.15) is 183 Å². The minimum atomic E-state index is 0.355. The lowest BCUT2D eigenvalue weighted by Gasteiger charge is -2.30. The predicted octanol–water partition coefficient (Wildman–Crippen LogP) is 3.23. The van der Waals surface area contributed by atoms with Crippen LogP contribution in [0.4, 0.5) is 0 Å². The third-order valence-corrected chi connectivity index (χ3v) is 16.5. The highest BCUT2D eigenvalue weighted by molar-refractivity contribution is 4.87. The topological polar surface area (TPSA) is 364 Å². The van der Waals surface area contributed by atoms with Gasteiger partial charge in [0.05, 0.1) is 0 Å². The fourth-order valence-corrected chi connectivity index (χ4v) is 9.86. The van der Waals surface area contributed by atoms with Crippen LogP contribution in [0.3, 0.4) is 0 Å². The molecular formula is C49H112N14. The summed E-state index contributed by atoms with van der Waals surface area (Å²) in [7, 11) is 0. The van der Waals surface area contributed by atoms with Crippen molar-refractivity contribution >= 4 is 0 Å². The Bertz CT molecular complexity index is 939. The highest BCUT2D eigenvalue weighted by Crippen LogP contribution is 2.25. The molecule has 0 aromatic carbocycles. The molecule has 0 amide bonds. The summed E-state index contributed by atoms with van der Waals surface area (Å²) in [4.78, 5) is 0. The highest BCUT2D eigenvalue weighted by atomic mass is 14.8. The van der Waals surface area contributed by atoms with Gasteiger partial charge in [-0.15, -0.1) is 0 Å². The van der Waals surface area contributed by atoms with Gasteiger partial charge in [-0.2, -0.15) is 0 Å². The van der Waals surface area contributed by atoms with E-state index < -0.39 is 0 Å². The van der Waals surface area contributed by atoms with Crippen molar-refractivity contribution in [1.82, 2.24) is 0 Å². The lowest BCUT2D eigenvalue weighted by molar-refractivity contribution is 0.287. The summed E-state index contributed by atoms with van der Waals surface area (Å²) in [6.07, 6.45) is 24.2. The summed E-state index contributed by atoms with van der Waals surface area (Å²) in [6.45, 7) is 15.3. The molecule has 0 bridgehead atoms. The molecule has 0 saturated heterocycles. The van der Waals surface area contributed by atoms with Crippen LogP contribution in [0.5, 0.6) is 0 Å². The van der Waals surface area contributed by atoms with Crippen molar-refractivity contribution in [2.45, 2.75) is 268 Å². The van der Waals surface area contributed by atoms with Crippen LogP contribution >= 0.6 is 0 Å². The smallest absolute Gasteiger partial charge is 0.00792 e. The molecule has 14 heteroatoms. The van der Waals surface area contributed by atoms with Crippen molar-refractivity contribution in [2.24, 2.45) is 122 Å². The molecule has 2 unspecified atom stereocenters. The van der Waals surface area contributed by atoms with Crippen molar-refractivity contribution < 1.29 is 0 Å². The van der Waals surface area contributed by atoms with E-state index in [1.165, 1.54) is 44.9 Å². The monoisotopic (exact) mass is 897 g/mol. The third kappa shape index (κ3) is 24.9. The first-order valence-corrected chi connectivity index (χ1v) is 26.0. The van der Waals surface area contributed by atoms with Crippen molar-refractivity contribution in [1.29, 1.82) is 0 Å². The zero-order chi connectivity index (χ0) is 48.0. The van der Waals surface area contributed by atoms with Crippen LogP contribution in [0.15, 0.2) is 0 Å². The standard InChI is InChI=1S/7C7H16N2/c4*1-5-2-3-6(8)4-7(5)9;3*1-5-6(8)3-2-4-7(5)9/h7*5-7H,2-4,8-9H2,1H3/t5-,6+,7+;5-,6+,7-;5-,6-,7+;5-,6-,7-;6-,7-;2*5?,6-,7+/m11111../s1. The fourth-order valence-electron chi connectivity index (χ4n) is 9.86. The zero-order valence-electron chi connectivity index (χ0n) is 42.1. The van der Waals surface area contributed by atoms with E-state index in [1.54, 1.807) is 0 Å². The lowest BCUT2D eigenvalue weighted by Crippen LogP contribution is -2.44. The zero-order valence-corrected chi connectivity index (χ0v) is 42.1. The summed E-state index contributed by atoms with van der Waals surface area (Å²) in [5.74, 6) is 4.32. The van der Waals surface area contributed by atoms with Gasteiger partial charge in [-0.1, -0.05) is 67.7 Å². The maximum Gasteiger partial charge on any atom is 0.00792 e. The Kier molecular flexibility index (Phi) is 30.9. The average Bonchev–Trinajstić information content (AvgIpc) is 3.22. The normalized spacial score (nSPS) is 44.1. The van der Waals surface area contributed by atoms with E-state index in [2.05, 4.69) is 48.5 Å². The van der Waals surface area contributed by atoms with Gasteiger partial charge in [-0.05, 0) is 157 Å². The molecule has 0 aliphatic heterocycles. The first kappa shape index (κ1) is 60.5. The van der Waals surface area contributed by atoms with Crippen molar-refractivity contribution in [3.05, 3.63) is 0 Å². The maximum atomic E-state index is 5.79. The van der Waals surface area contributed by atoms with E-state index in [-0.39, 0.29) is 0 Å². The molecule has 7 aliphatic carbocycles. The Labute approximate surface area is 388 Å². The van der Waals surface area contributed by atoms with E-state index in [4.69, 9.17) is 80.3 Å². The molecule has 7 rings (SSSR count). The Morgan fingerprint density at radius 1 is 0.206 bits per heavy atom. The molecule has 0 spiro atoms. The SMILES string of the molecule is CC1[C@H](N)CCC[C@@H]1N.CC1[C@H](N)CCC[C@@H]1N.CC1[C@H](N)CCC[C@H]1N.C[C@@H]1CC[C@@H](N)C[C@@H]1N.C[C@@H]1CC[C@@H](N)C[C@H]1N.C[C@@H]1CC[C@H](N)C[C@@H]1N.C[C@@H]1CC[C@H](N)C[C@H]1N. The molecule has 7 saturated carbocycles. The van der Waals surface area contributed by atoms with E-state index in [9.17, 15) is 0 Å². The molecule has 0 radical (unpaired) electrons. The Morgan fingerprint density at radius 3 is 0.476 bits per heavy atom. The Hall–Kier alpha value is -0.560. The van der Waals surface area contributed by atoms with E-state index in [1.807, 2.05) is 0 Å². The van der Waals surface area contributed by atoms with Crippen molar-refractivity contribution in [2.75, 3.05) is 0 Å². The fraction of sp³-hybridized carbons (Fsp3) is 1.00. The van der Waals surface area contributed by atoms with Gasteiger partial charge in [0.1, 0.15) is 0 Å². The largest absolute Gasteiger partial charge is 0.328 e. The second-order valence-corrected chi connectivity index (χ2v) is 22.2. The number of hydrogen-bond acceptors (Lipinski definition) is 14. The molecule has 20 atom stereocenters. The molecule has 0 aromatic rings. The molecule has 63 heavy (non-hydrogen) atoms. The quantitative estimate of drug-likeness (QED) is 0.166. The van der Waals surface area contributed by atoms with E-state index in [0.29, 0.717) is 126 Å². The van der Waals surface area contributed by atoms with Gasteiger partial charge in [-0.3, -0.25) is 0 Å². The van der Waals surface area contributed by atoms with Crippen molar-refractivity contribution in [3.63, 3.8) is 0 Å². The molecule has 7 aliphatic rings. The van der Waals surface area contributed by atoms with Gasteiger partial charge in [0.15, 0.2) is 0 Å². The first-order valence-electron chi connectivity index (χ1n) is 26.0. The summed E-state index contributed by atoms with van der Waals surface area (Å²) in [5, 5.41) is 0. The minimum absolute atomic E-state index is 0.355. The van der Waals surface area contributed by atoms with E-state index >= 15 is 0 Å². The minimum Gasteiger partial charge on any atom is -0.328 e. The molecule has 0 heterocycles. The average molecular weight is 898 g/mol. The molecule has 7 fully saturated rings. The van der Waals surface area contributed by atoms with Gasteiger partial charge in [0, 0.05) is 84.6 Å². The summed E-state index contributed by atoms with van der Waals surface area (Å²) < 4.78 is 0. The Morgan fingerprint density at radius 2 is 0.365 bits per heavy atom. The molecule has 378 valence electrons. The van der Waals surface area contributed by atoms with Gasteiger partial charge in [0.2, 0.25) is 0 Å². The Balaban J connectivity index is 0.000000367. The first-order chi connectivity index (χ1) is 29.4. The van der Waals surface area contributed by atoms with Crippen LogP contribution in [0.25, 0.3) is 0 Å². The van der Waals surface area contributed by atoms with Gasteiger partial charge in [0.25, 0.3) is 0 Å². The van der Waals surface area contributed by atoms with Crippen LogP contribution < -0.4 is 80.3 Å². The number of rotatable bonds is 0. The number of hydrogen-bond donors (Lipinski definition) is 14. The van der Waals surface area contributed by atoms with Gasteiger partial charge < -0.3 is 80.3 Å². The molecule has 28 N–H and O–H groups in total. The van der Waals surface area contributed by atoms with Gasteiger partial charge >= 0.3 is 0 Å². The summed E-state index contributed by atoms with van der Waals surface area (Å²) in [5.41, 5.74) is 80.7. The van der Waals surface area contributed by atoms with Crippen LogP contribution in [0.2, 0.25) is 0 Å². The highest BCUT2D eigenvalue weighted by Gasteiger charge is 2.27.